The standard InChI is InChI=1S/C16H13F3N4O.C13H18N2O2S/c17-16(18,19)24-14-7-5-13(6-8-14)22-10-23-15(21)12-3-1-11(9-20)2-4-12;1-9-5-4-6-10(2)12(9)15-13(14)18-11(16)7-8-17-3/h1-10,20H,(H2,21,22,23);4-6H,7-8H2,1-3H3,(H2,14,15). The Kier molecular flexibility index (Phi) is 13.4. The molecular formula is C29H31F3N6O3S. The minimum Gasteiger partial charge on any atom is -0.406 e. The molecule has 0 unspecified atom stereocenters. The lowest BCUT2D eigenvalue weighted by molar-refractivity contribution is -0.274. The number of ether oxygens (including phenoxy) is 2. The van der Waals surface area contributed by atoms with Crippen molar-refractivity contribution in [2.75, 3.05) is 13.7 Å². The molecule has 42 heavy (non-hydrogen) atoms. The summed E-state index contributed by atoms with van der Waals surface area (Å²) in [7, 11) is 1.56. The molecule has 0 atom stereocenters. The Labute approximate surface area is 246 Å². The third-order valence-electron chi connectivity index (χ3n) is 5.24. The number of methoxy groups -OCH3 is 1. The zero-order valence-electron chi connectivity index (χ0n) is 23.2. The average molecular weight is 601 g/mol. The molecular weight excluding hydrogens is 569 g/mol. The Hall–Kier alpha value is -4.49. The maximum Gasteiger partial charge on any atom is 0.573 e. The number of benzene rings is 3. The van der Waals surface area contributed by atoms with E-state index in [1.807, 2.05) is 32.0 Å². The van der Waals surface area contributed by atoms with Crippen molar-refractivity contribution in [1.29, 1.82) is 5.41 Å². The number of alkyl halides is 3. The van der Waals surface area contributed by atoms with Gasteiger partial charge in [-0.15, -0.1) is 13.2 Å². The molecule has 222 valence electrons. The third kappa shape index (κ3) is 12.4. The molecule has 0 fully saturated rings. The fourth-order valence-corrected chi connectivity index (χ4v) is 3.74. The van der Waals surface area contributed by atoms with Crippen molar-refractivity contribution in [3.05, 3.63) is 89.0 Å². The zero-order chi connectivity index (χ0) is 31.1. The van der Waals surface area contributed by atoms with Gasteiger partial charge in [0.25, 0.3) is 0 Å². The molecule has 9 nitrogen and oxygen atoms in total. The summed E-state index contributed by atoms with van der Waals surface area (Å²) in [6.07, 6.45) is -1.97. The first-order valence-electron chi connectivity index (χ1n) is 12.3. The molecule has 0 radical (unpaired) electrons. The first-order valence-corrected chi connectivity index (χ1v) is 13.2. The van der Waals surface area contributed by atoms with Crippen LogP contribution in [0.2, 0.25) is 0 Å². The van der Waals surface area contributed by atoms with E-state index in [0.29, 0.717) is 24.3 Å². The molecule has 0 heterocycles. The van der Waals surface area contributed by atoms with Crippen LogP contribution in [0.5, 0.6) is 5.75 Å². The number of aryl methyl sites for hydroxylation is 2. The highest BCUT2D eigenvalue weighted by atomic mass is 32.2. The molecule has 0 aliphatic carbocycles. The van der Waals surface area contributed by atoms with E-state index >= 15 is 0 Å². The van der Waals surface area contributed by atoms with Crippen molar-refractivity contribution in [1.82, 2.24) is 0 Å². The predicted molar refractivity (Wildman–Crippen MR) is 163 cm³/mol. The normalized spacial score (nSPS) is 12.0. The van der Waals surface area contributed by atoms with Crippen LogP contribution < -0.4 is 16.2 Å². The molecule has 5 N–H and O–H groups in total. The van der Waals surface area contributed by atoms with E-state index in [4.69, 9.17) is 21.6 Å². The summed E-state index contributed by atoms with van der Waals surface area (Å²) in [4.78, 5) is 23.7. The first kappa shape index (κ1) is 33.7. The van der Waals surface area contributed by atoms with Crippen molar-refractivity contribution in [3.8, 4) is 5.75 Å². The van der Waals surface area contributed by atoms with Crippen molar-refractivity contribution in [3.63, 3.8) is 0 Å². The summed E-state index contributed by atoms with van der Waals surface area (Å²) in [5.41, 5.74) is 16.3. The quantitative estimate of drug-likeness (QED) is 0.197. The van der Waals surface area contributed by atoms with Gasteiger partial charge in [-0.05, 0) is 66.6 Å². The molecule has 3 aromatic carbocycles. The maximum absolute atomic E-state index is 12.0. The summed E-state index contributed by atoms with van der Waals surface area (Å²) in [6, 6.07) is 17.8. The van der Waals surface area contributed by atoms with Gasteiger partial charge in [0, 0.05) is 25.3 Å². The summed E-state index contributed by atoms with van der Waals surface area (Å²) >= 11 is 0.961. The van der Waals surface area contributed by atoms with Crippen LogP contribution in [0.4, 0.5) is 24.5 Å². The molecule has 0 spiro atoms. The highest BCUT2D eigenvalue weighted by molar-refractivity contribution is 8.26. The fourth-order valence-electron chi connectivity index (χ4n) is 3.18. The van der Waals surface area contributed by atoms with Crippen molar-refractivity contribution < 1.29 is 27.4 Å². The van der Waals surface area contributed by atoms with E-state index in [0.717, 1.165) is 46.3 Å². The fraction of sp³-hybridized carbons (Fsp3) is 0.207. The molecule has 0 aliphatic rings. The Bertz CT molecular complexity index is 1400. The second-order valence-electron chi connectivity index (χ2n) is 8.47. The lowest BCUT2D eigenvalue weighted by atomic mass is 10.1. The van der Waals surface area contributed by atoms with E-state index < -0.39 is 6.36 Å². The van der Waals surface area contributed by atoms with Crippen LogP contribution in [0.15, 0.2) is 81.7 Å². The lowest BCUT2D eigenvalue weighted by Gasteiger charge is -2.08. The number of thioether (sulfide) groups is 1. The molecule has 0 amide bonds. The van der Waals surface area contributed by atoms with Gasteiger partial charge >= 0.3 is 6.36 Å². The van der Waals surface area contributed by atoms with E-state index in [9.17, 15) is 18.0 Å². The monoisotopic (exact) mass is 600 g/mol. The number of nitrogens with two attached hydrogens (primary N) is 2. The highest BCUT2D eigenvalue weighted by Gasteiger charge is 2.30. The Balaban J connectivity index is 0.000000307. The average Bonchev–Trinajstić information content (AvgIpc) is 2.94. The van der Waals surface area contributed by atoms with Gasteiger partial charge in [-0.1, -0.05) is 42.5 Å². The van der Waals surface area contributed by atoms with Gasteiger partial charge in [0.2, 0.25) is 0 Å². The Morgan fingerprint density at radius 1 is 1.00 bits per heavy atom. The predicted octanol–water partition coefficient (Wildman–Crippen LogP) is 6.19. The number of halogens is 3. The Morgan fingerprint density at radius 2 is 1.62 bits per heavy atom. The zero-order valence-corrected chi connectivity index (χ0v) is 24.0. The SMILES string of the molecule is COCCC(=O)SC(N)=Nc1c(C)cccc1C.N=Cc1ccc(C(N)=NC=Nc2ccc(OC(F)(F)F)cc2)cc1. The number of nitrogens with zero attached hydrogens (tertiary/aromatic N) is 3. The summed E-state index contributed by atoms with van der Waals surface area (Å²) < 4.78 is 44.7. The van der Waals surface area contributed by atoms with Gasteiger partial charge in [-0.25, -0.2) is 15.0 Å². The number of hydrogen-bond acceptors (Lipinski definition) is 7. The summed E-state index contributed by atoms with van der Waals surface area (Å²) in [5, 5.41) is 7.35. The molecule has 0 saturated heterocycles. The number of para-hydroxylation sites is 1. The van der Waals surface area contributed by atoms with Crippen molar-refractivity contribution in [2.45, 2.75) is 26.6 Å². The topological polar surface area (TPSA) is 148 Å². The number of carbonyl (C=O) groups is 1. The van der Waals surface area contributed by atoms with E-state index in [1.165, 1.54) is 24.7 Å². The minimum atomic E-state index is -4.73. The summed E-state index contributed by atoms with van der Waals surface area (Å²) in [5.74, 6) is -0.0944. The molecule has 0 aromatic heterocycles. The minimum absolute atomic E-state index is 0.0377. The largest absolute Gasteiger partial charge is 0.573 e. The van der Waals surface area contributed by atoms with E-state index in [-0.39, 0.29) is 21.9 Å². The van der Waals surface area contributed by atoms with Gasteiger partial charge < -0.3 is 26.4 Å². The van der Waals surface area contributed by atoms with Crippen LogP contribution in [-0.4, -0.2) is 48.8 Å². The molecule has 0 saturated carbocycles. The van der Waals surface area contributed by atoms with Crippen LogP contribution in [0, 0.1) is 19.3 Å². The number of hydrogen-bond donors (Lipinski definition) is 3. The van der Waals surface area contributed by atoms with Crippen LogP contribution in [0.25, 0.3) is 0 Å². The van der Waals surface area contributed by atoms with Gasteiger partial charge in [0.1, 0.15) is 17.9 Å². The summed E-state index contributed by atoms with van der Waals surface area (Å²) in [6.45, 7) is 4.34. The smallest absolute Gasteiger partial charge is 0.406 e. The first-order chi connectivity index (χ1) is 19.9. The second-order valence-corrected chi connectivity index (χ2v) is 9.55. The van der Waals surface area contributed by atoms with E-state index in [2.05, 4.69) is 19.7 Å². The van der Waals surface area contributed by atoms with E-state index in [1.54, 1.807) is 31.4 Å². The highest BCUT2D eigenvalue weighted by Crippen LogP contribution is 2.25. The third-order valence-corrected chi connectivity index (χ3v) is 5.97. The van der Waals surface area contributed by atoms with Crippen LogP contribution in [0.1, 0.15) is 28.7 Å². The molecule has 0 aliphatic heterocycles. The van der Waals surface area contributed by atoms with Crippen LogP contribution in [0.3, 0.4) is 0 Å². The Morgan fingerprint density at radius 3 is 2.17 bits per heavy atom. The van der Waals surface area contributed by atoms with Crippen molar-refractivity contribution >= 4 is 51.8 Å². The molecule has 13 heteroatoms. The number of amidine groups is 2. The van der Waals surface area contributed by atoms with Crippen LogP contribution in [-0.2, 0) is 9.53 Å². The lowest BCUT2D eigenvalue weighted by Crippen LogP contribution is -2.16. The molecule has 0 bridgehead atoms. The van der Waals surface area contributed by atoms with Crippen molar-refractivity contribution in [2.24, 2.45) is 26.4 Å². The molecule has 3 aromatic rings. The van der Waals surface area contributed by atoms with Crippen LogP contribution >= 0.6 is 11.8 Å². The number of nitrogens with one attached hydrogen (secondary N) is 1. The van der Waals surface area contributed by atoms with Gasteiger partial charge in [0.05, 0.1) is 18.0 Å². The number of carbonyl (C=O) groups excluding carboxylic acids is 1. The number of rotatable bonds is 9. The van der Waals surface area contributed by atoms with Gasteiger partial charge in [0.15, 0.2) is 10.3 Å². The maximum atomic E-state index is 12.0. The number of aliphatic imine (C=N–C) groups is 3. The van der Waals surface area contributed by atoms with Gasteiger partial charge in [-0.2, -0.15) is 0 Å². The molecule has 3 rings (SSSR count). The second kappa shape index (κ2) is 16.7. The van der Waals surface area contributed by atoms with Gasteiger partial charge in [-0.3, -0.25) is 4.79 Å².